The Morgan fingerprint density at radius 3 is 2.22 bits per heavy atom. The average molecular weight is 529 g/mol. The third-order valence-corrected chi connectivity index (χ3v) is 5.02. The smallest absolute Gasteiger partial charge is 0.475 e. The Balaban J connectivity index is 0.000000383. The maximum atomic E-state index is 12.4. The van der Waals surface area contributed by atoms with Crippen LogP contribution in [0.2, 0.25) is 0 Å². The number of carboxylic acid groups (broad SMARTS) is 2. The zero-order chi connectivity index (χ0) is 27.5. The van der Waals surface area contributed by atoms with Crippen molar-refractivity contribution in [2.24, 2.45) is 11.8 Å². The number of hydrogen-bond acceptors (Lipinski definition) is 6. The van der Waals surface area contributed by atoms with Gasteiger partial charge in [0.1, 0.15) is 0 Å². The molecule has 1 aromatic heterocycles. The number of likely N-dealkylation sites (tertiary alicyclic amines) is 1. The van der Waals surface area contributed by atoms with E-state index in [1.807, 2.05) is 18.2 Å². The molecule has 1 aromatic rings. The maximum Gasteiger partial charge on any atom is 0.490 e. The molecule has 3 N–H and O–H groups in total. The third kappa shape index (κ3) is 11.0. The molecular formula is C21H25F6N3O6. The summed E-state index contributed by atoms with van der Waals surface area (Å²) in [5.74, 6) is -5.12. The van der Waals surface area contributed by atoms with Crippen LogP contribution < -0.4 is 5.32 Å². The van der Waals surface area contributed by atoms with Crippen LogP contribution in [-0.4, -0.2) is 82.6 Å². The van der Waals surface area contributed by atoms with Gasteiger partial charge in [-0.15, -0.1) is 6.58 Å². The van der Waals surface area contributed by atoms with Crippen LogP contribution in [0.15, 0.2) is 37.2 Å². The minimum Gasteiger partial charge on any atom is -0.475 e. The van der Waals surface area contributed by atoms with E-state index in [9.17, 15) is 31.1 Å². The molecule has 3 atom stereocenters. The molecule has 2 saturated heterocycles. The first-order valence-corrected chi connectivity index (χ1v) is 10.4. The van der Waals surface area contributed by atoms with E-state index >= 15 is 0 Å². The molecule has 36 heavy (non-hydrogen) atoms. The molecule has 0 saturated carbocycles. The molecule has 0 bridgehead atoms. The summed E-state index contributed by atoms with van der Waals surface area (Å²) < 4.78 is 69.4. The Bertz CT molecular complexity index is 857. The summed E-state index contributed by atoms with van der Waals surface area (Å²) in [4.78, 5) is 36.6. The van der Waals surface area contributed by atoms with Crippen molar-refractivity contribution in [2.75, 3.05) is 31.6 Å². The molecule has 0 aliphatic carbocycles. The Kier molecular flexibility index (Phi) is 11.8. The number of carboxylic acids is 2. The van der Waals surface area contributed by atoms with Crippen molar-refractivity contribution in [1.29, 1.82) is 0 Å². The number of piperidine rings is 1. The zero-order valence-electron chi connectivity index (χ0n) is 18.8. The van der Waals surface area contributed by atoms with Gasteiger partial charge in [-0.25, -0.2) is 9.59 Å². The summed E-state index contributed by atoms with van der Waals surface area (Å²) in [6.45, 7) is 7.29. The number of aromatic nitrogens is 1. The third-order valence-electron chi connectivity index (χ3n) is 5.02. The first-order valence-electron chi connectivity index (χ1n) is 10.4. The van der Waals surface area contributed by atoms with Crippen LogP contribution in [-0.2, 0) is 19.1 Å². The van der Waals surface area contributed by atoms with Crippen LogP contribution in [0.4, 0.5) is 32.0 Å². The number of pyridine rings is 1. The number of nitrogens with zero attached hydrogens (tertiary/aromatic N) is 2. The number of rotatable bonds is 4. The number of amides is 1. The molecule has 2 aliphatic heterocycles. The number of halogens is 6. The minimum atomic E-state index is -5.08. The van der Waals surface area contributed by atoms with E-state index < -0.39 is 24.3 Å². The standard InChI is InChI=1S/C17H23N3O2.2C2HF3O2/c1-2-7-20-8-5-16-13(11-20)9-14(12-22-16)17(21)19-15-4-3-6-18-10-15;2*3-2(4,5)1(6)7/h2-4,6,10,13-14,16H,1,5,7-9,11-12H2,(H,19,21);2*(H,6,7)/t13-,14-,16+;;/m1../s1. The highest BCUT2D eigenvalue weighted by Gasteiger charge is 2.39. The van der Waals surface area contributed by atoms with Crippen molar-refractivity contribution in [3.8, 4) is 0 Å². The van der Waals surface area contributed by atoms with Gasteiger partial charge in [-0.2, -0.15) is 26.3 Å². The van der Waals surface area contributed by atoms with Crippen molar-refractivity contribution >= 4 is 23.5 Å². The van der Waals surface area contributed by atoms with Gasteiger partial charge in [-0.3, -0.25) is 14.7 Å². The molecule has 9 nitrogen and oxygen atoms in total. The van der Waals surface area contributed by atoms with Gasteiger partial charge in [-0.05, 0) is 30.9 Å². The number of hydrogen-bond donors (Lipinski definition) is 3. The van der Waals surface area contributed by atoms with Gasteiger partial charge < -0.3 is 20.3 Å². The lowest BCUT2D eigenvalue weighted by Crippen LogP contribution is -2.49. The topological polar surface area (TPSA) is 129 Å². The molecule has 0 radical (unpaired) electrons. The first kappa shape index (κ1) is 30.8. The summed E-state index contributed by atoms with van der Waals surface area (Å²) in [6.07, 6.45) is -2.61. The molecule has 0 unspecified atom stereocenters. The normalized spacial score (nSPS) is 21.9. The SMILES string of the molecule is C=CCN1CC[C@@H]2OC[C@H](C(=O)Nc3cccnc3)C[C@@H]2C1.O=C(O)C(F)(F)F.O=C(O)C(F)(F)F. The first-order chi connectivity index (χ1) is 16.6. The van der Waals surface area contributed by atoms with E-state index in [-0.39, 0.29) is 11.8 Å². The largest absolute Gasteiger partial charge is 0.490 e. The molecular weight excluding hydrogens is 504 g/mol. The molecule has 2 aliphatic rings. The van der Waals surface area contributed by atoms with Crippen LogP contribution in [0.3, 0.4) is 0 Å². The van der Waals surface area contributed by atoms with Crippen molar-refractivity contribution in [2.45, 2.75) is 31.3 Å². The summed E-state index contributed by atoms with van der Waals surface area (Å²) >= 11 is 0. The number of fused-ring (bicyclic) bond motifs is 1. The van der Waals surface area contributed by atoms with Crippen molar-refractivity contribution in [3.05, 3.63) is 37.2 Å². The van der Waals surface area contributed by atoms with Gasteiger partial charge in [-0.1, -0.05) is 6.08 Å². The van der Waals surface area contributed by atoms with Gasteiger partial charge in [0.2, 0.25) is 5.91 Å². The van der Waals surface area contributed by atoms with Crippen LogP contribution in [0.1, 0.15) is 12.8 Å². The predicted octanol–water partition coefficient (Wildman–Crippen LogP) is 3.20. The molecule has 202 valence electrons. The number of aliphatic carboxylic acids is 2. The lowest BCUT2D eigenvalue weighted by molar-refractivity contribution is -0.193. The molecule has 3 rings (SSSR count). The van der Waals surface area contributed by atoms with E-state index in [0.29, 0.717) is 18.6 Å². The lowest BCUT2D eigenvalue weighted by atomic mass is 9.83. The van der Waals surface area contributed by atoms with Gasteiger partial charge in [0.15, 0.2) is 0 Å². The molecule has 15 heteroatoms. The fourth-order valence-corrected chi connectivity index (χ4v) is 3.42. The van der Waals surface area contributed by atoms with E-state index in [1.165, 1.54) is 0 Å². The summed E-state index contributed by atoms with van der Waals surface area (Å²) in [5.41, 5.74) is 0.742. The second-order valence-corrected chi connectivity index (χ2v) is 7.74. The van der Waals surface area contributed by atoms with E-state index in [1.54, 1.807) is 12.4 Å². The molecule has 0 spiro atoms. The Hall–Kier alpha value is -3.20. The van der Waals surface area contributed by atoms with Gasteiger partial charge >= 0.3 is 24.3 Å². The zero-order valence-corrected chi connectivity index (χ0v) is 18.8. The summed E-state index contributed by atoms with van der Waals surface area (Å²) in [6, 6.07) is 3.67. The van der Waals surface area contributed by atoms with E-state index in [4.69, 9.17) is 24.5 Å². The number of carbonyl (C=O) groups is 3. The highest BCUT2D eigenvalue weighted by Crippen LogP contribution is 2.31. The molecule has 3 heterocycles. The number of alkyl halides is 6. The Morgan fingerprint density at radius 2 is 1.75 bits per heavy atom. The van der Waals surface area contributed by atoms with Gasteiger partial charge in [0.05, 0.1) is 30.5 Å². The second kappa shape index (κ2) is 13.8. The fourth-order valence-electron chi connectivity index (χ4n) is 3.42. The molecule has 1 amide bonds. The number of ether oxygens (including phenoxy) is 1. The van der Waals surface area contributed by atoms with Gasteiger partial charge in [0, 0.05) is 25.8 Å². The molecule has 2 fully saturated rings. The summed E-state index contributed by atoms with van der Waals surface area (Å²) in [5, 5.41) is 17.2. The molecule has 0 aromatic carbocycles. The maximum absolute atomic E-state index is 12.4. The average Bonchev–Trinajstić information content (AvgIpc) is 2.79. The second-order valence-electron chi connectivity index (χ2n) is 7.74. The number of anilines is 1. The van der Waals surface area contributed by atoms with Crippen LogP contribution in [0, 0.1) is 11.8 Å². The van der Waals surface area contributed by atoms with E-state index in [0.717, 1.165) is 38.2 Å². The monoisotopic (exact) mass is 529 g/mol. The van der Waals surface area contributed by atoms with Crippen LogP contribution in [0.5, 0.6) is 0 Å². The quantitative estimate of drug-likeness (QED) is 0.401. The van der Waals surface area contributed by atoms with Crippen molar-refractivity contribution in [1.82, 2.24) is 9.88 Å². The highest BCUT2D eigenvalue weighted by molar-refractivity contribution is 5.92. The highest BCUT2D eigenvalue weighted by atomic mass is 19.4. The van der Waals surface area contributed by atoms with Crippen molar-refractivity contribution < 1.29 is 55.7 Å². The fraction of sp³-hybridized carbons (Fsp3) is 0.524. The van der Waals surface area contributed by atoms with Crippen LogP contribution in [0.25, 0.3) is 0 Å². The Morgan fingerprint density at radius 1 is 1.17 bits per heavy atom. The lowest BCUT2D eigenvalue weighted by Gasteiger charge is -2.42. The summed E-state index contributed by atoms with van der Waals surface area (Å²) in [7, 11) is 0. The van der Waals surface area contributed by atoms with Crippen LogP contribution >= 0.6 is 0 Å². The number of nitrogens with one attached hydrogen (secondary N) is 1. The Labute approximate surface area is 201 Å². The minimum absolute atomic E-state index is 0.0345. The predicted molar refractivity (Wildman–Crippen MR) is 113 cm³/mol. The number of carbonyl (C=O) groups excluding carboxylic acids is 1. The van der Waals surface area contributed by atoms with Crippen molar-refractivity contribution in [3.63, 3.8) is 0 Å². The van der Waals surface area contributed by atoms with Gasteiger partial charge in [0.25, 0.3) is 0 Å². The van der Waals surface area contributed by atoms with E-state index in [2.05, 4.69) is 21.8 Å².